The molecule has 3 rings (SSSR count). The lowest BCUT2D eigenvalue weighted by Gasteiger charge is -2.07. The van der Waals surface area contributed by atoms with E-state index in [1.54, 1.807) is 18.4 Å². The normalized spacial score (nSPS) is 10.9. The molecular formula is C18H16FNO5S. The van der Waals surface area contributed by atoms with Crippen molar-refractivity contribution in [1.82, 2.24) is 4.57 Å². The molecule has 2 heterocycles. The Morgan fingerprint density at radius 2 is 1.96 bits per heavy atom. The molecule has 0 fully saturated rings. The van der Waals surface area contributed by atoms with E-state index in [4.69, 9.17) is 9.47 Å². The molecule has 6 nitrogen and oxygen atoms in total. The summed E-state index contributed by atoms with van der Waals surface area (Å²) < 4.78 is 25.7. The van der Waals surface area contributed by atoms with Crippen LogP contribution in [0.25, 0.3) is 10.9 Å². The van der Waals surface area contributed by atoms with Crippen LogP contribution in [0.2, 0.25) is 0 Å². The highest BCUT2D eigenvalue weighted by molar-refractivity contribution is 7.12. The van der Waals surface area contributed by atoms with E-state index in [9.17, 15) is 19.1 Å². The molecule has 0 radical (unpaired) electrons. The number of carboxylic acid groups (broad SMARTS) is 1. The number of fused-ring (bicyclic) bond motifs is 1. The molecule has 8 heteroatoms. The number of aliphatic carboxylic acids is 1. The molecule has 2 aromatic heterocycles. The standard InChI is InChI=1S/C18H16FNO5S/c1-9-11(6-16(21)22)12-5-15(24-2)13(19)7-14(12)20(9)18(23)10-4-17(25-3)26-8-10/h4-5,7-8H,6H2,1-3H3,(H,21,22). The third kappa shape index (κ3) is 2.92. The van der Waals surface area contributed by atoms with Gasteiger partial charge in [0.05, 0.1) is 31.7 Å². The van der Waals surface area contributed by atoms with Gasteiger partial charge in [-0.15, -0.1) is 11.3 Å². The number of rotatable bonds is 5. The molecule has 0 saturated heterocycles. The SMILES string of the molecule is COc1cc(C(=O)n2c(C)c(CC(=O)O)c3cc(OC)c(F)cc32)cs1. The van der Waals surface area contributed by atoms with E-state index in [-0.39, 0.29) is 18.1 Å². The second kappa shape index (κ2) is 6.80. The van der Waals surface area contributed by atoms with Crippen molar-refractivity contribution < 1.29 is 28.6 Å². The Bertz CT molecular complexity index is 1020. The van der Waals surface area contributed by atoms with E-state index in [1.807, 2.05) is 0 Å². The average Bonchev–Trinajstić information content (AvgIpc) is 3.17. The summed E-state index contributed by atoms with van der Waals surface area (Å²) in [6, 6.07) is 4.21. The third-order valence-electron chi connectivity index (χ3n) is 4.16. The Morgan fingerprint density at radius 1 is 1.23 bits per heavy atom. The van der Waals surface area contributed by atoms with Crippen molar-refractivity contribution in [3.63, 3.8) is 0 Å². The lowest BCUT2D eigenvalue weighted by molar-refractivity contribution is -0.136. The van der Waals surface area contributed by atoms with Gasteiger partial charge in [0.2, 0.25) is 0 Å². The smallest absolute Gasteiger partial charge is 0.307 e. The molecule has 0 bridgehead atoms. The van der Waals surface area contributed by atoms with Crippen LogP contribution < -0.4 is 9.47 Å². The summed E-state index contributed by atoms with van der Waals surface area (Å²) in [6.45, 7) is 1.64. The zero-order chi connectivity index (χ0) is 19.0. The van der Waals surface area contributed by atoms with Crippen LogP contribution in [0.1, 0.15) is 21.6 Å². The van der Waals surface area contributed by atoms with E-state index in [0.29, 0.717) is 32.8 Å². The number of halogens is 1. The summed E-state index contributed by atoms with van der Waals surface area (Å²) in [7, 11) is 2.83. The van der Waals surface area contributed by atoms with Crippen molar-refractivity contribution in [3.05, 3.63) is 46.2 Å². The first-order valence-electron chi connectivity index (χ1n) is 7.63. The number of carbonyl (C=O) groups excluding carboxylic acids is 1. The molecule has 0 spiro atoms. The molecule has 26 heavy (non-hydrogen) atoms. The molecule has 0 saturated carbocycles. The number of nitrogens with zero attached hydrogens (tertiary/aromatic N) is 1. The Balaban J connectivity index is 2.26. The van der Waals surface area contributed by atoms with Gasteiger partial charge in [-0.05, 0) is 18.6 Å². The summed E-state index contributed by atoms with van der Waals surface area (Å²) in [5, 5.41) is 11.9. The van der Waals surface area contributed by atoms with Gasteiger partial charge >= 0.3 is 5.97 Å². The van der Waals surface area contributed by atoms with Crippen LogP contribution in [0.4, 0.5) is 4.39 Å². The number of methoxy groups -OCH3 is 2. The highest BCUT2D eigenvalue weighted by Gasteiger charge is 2.24. The molecule has 0 aliphatic carbocycles. The van der Waals surface area contributed by atoms with Gasteiger partial charge in [-0.3, -0.25) is 14.2 Å². The van der Waals surface area contributed by atoms with E-state index in [2.05, 4.69) is 0 Å². The second-order valence-corrected chi connectivity index (χ2v) is 6.51. The van der Waals surface area contributed by atoms with Gasteiger partial charge < -0.3 is 14.6 Å². The van der Waals surface area contributed by atoms with E-state index >= 15 is 0 Å². The Labute approximate surface area is 152 Å². The quantitative estimate of drug-likeness (QED) is 0.737. The van der Waals surface area contributed by atoms with Gasteiger partial charge in [-0.25, -0.2) is 4.39 Å². The first kappa shape index (κ1) is 17.9. The summed E-state index contributed by atoms with van der Waals surface area (Å²) in [4.78, 5) is 24.3. The van der Waals surface area contributed by atoms with Crippen molar-refractivity contribution in [2.75, 3.05) is 14.2 Å². The lowest BCUT2D eigenvalue weighted by atomic mass is 10.1. The predicted molar refractivity (Wildman–Crippen MR) is 95.1 cm³/mol. The van der Waals surface area contributed by atoms with Gasteiger partial charge in [-0.1, -0.05) is 0 Å². The Kier molecular flexibility index (Phi) is 4.69. The van der Waals surface area contributed by atoms with Gasteiger partial charge in [0.15, 0.2) is 16.6 Å². The van der Waals surface area contributed by atoms with Crippen LogP contribution in [-0.4, -0.2) is 35.8 Å². The number of thiophene rings is 1. The molecule has 0 amide bonds. The number of hydrogen-bond donors (Lipinski definition) is 1. The van der Waals surface area contributed by atoms with Gasteiger partial charge in [0, 0.05) is 28.6 Å². The first-order valence-corrected chi connectivity index (χ1v) is 8.51. The van der Waals surface area contributed by atoms with Crippen LogP contribution >= 0.6 is 11.3 Å². The highest BCUT2D eigenvalue weighted by Crippen LogP contribution is 2.33. The van der Waals surface area contributed by atoms with Crippen LogP contribution in [-0.2, 0) is 11.2 Å². The van der Waals surface area contributed by atoms with Crippen molar-refractivity contribution in [2.24, 2.45) is 0 Å². The molecule has 136 valence electrons. The topological polar surface area (TPSA) is 77.8 Å². The number of aromatic nitrogens is 1. The second-order valence-electron chi connectivity index (χ2n) is 5.64. The predicted octanol–water partition coefficient (Wildman–Crippen LogP) is 3.48. The van der Waals surface area contributed by atoms with E-state index in [1.165, 1.54) is 42.3 Å². The van der Waals surface area contributed by atoms with E-state index < -0.39 is 11.8 Å². The maximum absolute atomic E-state index is 14.2. The van der Waals surface area contributed by atoms with Crippen LogP contribution in [0.5, 0.6) is 10.8 Å². The summed E-state index contributed by atoms with van der Waals surface area (Å²) in [6.07, 6.45) is -0.287. The minimum absolute atomic E-state index is 0.00839. The number of ether oxygens (including phenoxy) is 2. The highest BCUT2D eigenvalue weighted by atomic mass is 32.1. The van der Waals surface area contributed by atoms with Crippen molar-refractivity contribution in [1.29, 1.82) is 0 Å². The lowest BCUT2D eigenvalue weighted by Crippen LogP contribution is -2.13. The fourth-order valence-corrected chi connectivity index (χ4v) is 3.64. The molecule has 0 atom stereocenters. The largest absolute Gasteiger partial charge is 0.494 e. The maximum Gasteiger partial charge on any atom is 0.307 e. The van der Waals surface area contributed by atoms with Crippen molar-refractivity contribution in [2.45, 2.75) is 13.3 Å². The zero-order valence-electron chi connectivity index (χ0n) is 14.3. The number of hydrogen-bond acceptors (Lipinski definition) is 5. The molecular weight excluding hydrogens is 361 g/mol. The minimum atomic E-state index is -1.04. The molecule has 1 N–H and O–H groups in total. The summed E-state index contributed by atoms with van der Waals surface area (Å²) in [5.74, 6) is -2.06. The van der Waals surface area contributed by atoms with Crippen molar-refractivity contribution in [3.8, 4) is 10.8 Å². The van der Waals surface area contributed by atoms with Gasteiger partial charge in [0.25, 0.3) is 5.91 Å². The number of carboxylic acids is 1. The van der Waals surface area contributed by atoms with Gasteiger partial charge in [0.1, 0.15) is 0 Å². The number of carbonyl (C=O) groups is 2. The van der Waals surface area contributed by atoms with Gasteiger partial charge in [-0.2, -0.15) is 0 Å². The minimum Gasteiger partial charge on any atom is -0.494 e. The zero-order valence-corrected chi connectivity index (χ0v) is 15.1. The fraction of sp³-hybridized carbons (Fsp3) is 0.222. The van der Waals surface area contributed by atoms with Crippen LogP contribution in [0.15, 0.2) is 23.6 Å². The van der Waals surface area contributed by atoms with E-state index in [0.717, 1.165) is 0 Å². The first-order chi connectivity index (χ1) is 12.4. The molecule has 0 aliphatic rings. The Hall–Kier alpha value is -2.87. The summed E-state index contributed by atoms with van der Waals surface area (Å²) >= 11 is 1.27. The Morgan fingerprint density at radius 3 is 2.54 bits per heavy atom. The molecule has 0 unspecified atom stereocenters. The number of benzene rings is 1. The summed E-state index contributed by atoms with van der Waals surface area (Å²) in [5.41, 5.74) is 1.57. The third-order valence-corrected chi connectivity index (χ3v) is 5.05. The monoisotopic (exact) mass is 377 g/mol. The fourth-order valence-electron chi connectivity index (χ4n) is 2.94. The molecule has 0 aliphatic heterocycles. The maximum atomic E-state index is 14.2. The van der Waals surface area contributed by atoms with Crippen molar-refractivity contribution >= 4 is 34.1 Å². The van der Waals surface area contributed by atoms with Crippen LogP contribution in [0, 0.1) is 12.7 Å². The molecule has 1 aromatic carbocycles. The average molecular weight is 377 g/mol. The molecule has 3 aromatic rings. The van der Waals surface area contributed by atoms with Crippen LogP contribution in [0.3, 0.4) is 0 Å².